The zero-order chi connectivity index (χ0) is 13.0. The monoisotopic (exact) mass is 264 g/mol. The van der Waals surface area contributed by atoms with Crippen molar-refractivity contribution in [3.8, 4) is 0 Å². The van der Waals surface area contributed by atoms with Crippen molar-refractivity contribution in [2.75, 3.05) is 23.9 Å². The van der Waals surface area contributed by atoms with Gasteiger partial charge >= 0.3 is 0 Å². The summed E-state index contributed by atoms with van der Waals surface area (Å²) in [6, 6.07) is 6.10. The van der Waals surface area contributed by atoms with Gasteiger partial charge in [0.05, 0.1) is 0 Å². The lowest BCUT2D eigenvalue weighted by Gasteiger charge is -2.36. The molecule has 0 atom stereocenters. The van der Waals surface area contributed by atoms with E-state index in [1.54, 1.807) is 0 Å². The third-order valence-corrected chi connectivity index (χ3v) is 5.48. The number of hydrogen-bond donors (Lipinski definition) is 2. The first-order valence-electron chi connectivity index (χ1n) is 6.80. The molecular formula is C15H24N2S. The minimum Gasteiger partial charge on any atom is -0.399 e. The summed E-state index contributed by atoms with van der Waals surface area (Å²) in [4.78, 5) is 0. The molecule has 2 nitrogen and oxygen atoms in total. The zero-order valence-corrected chi connectivity index (χ0v) is 12.3. The molecule has 1 aromatic carbocycles. The highest BCUT2D eigenvalue weighted by atomic mass is 32.2. The molecule has 1 aliphatic carbocycles. The third kappa shape index (κ3) is 3.14. The summed E-state index contributed by atoms with van der Waals surface area (Å²) in [5.41, 5.74) is 9.16. The Bertz CT molecular complexity index is 397. The van der Waals surface area contributed by atoms with E-state index in [0.29, 0.717) is 4.75 Å². The van der Waals surface area contributed by atoms with Crippen molar-refractivity contribution < 1.29 is 0 Å². The zero-order valence-electron chi connectivity index (χ0n) is 11.5. The third-order valence-electron chi connectivity index (χ3n) is 4.06. The van der Waals surface area contributed by atoms with Crippen molar-refractivity contribution in [3.05, 3.63) is 23.8 Å². The largest absolute Gasteiger partial charge is 0.399 e. The molecule has 0 amide bonds. The average Bonchev–Trinajstić information content (AvgIpc) is 2.41. The van der Waals surface area contributed by atoms with Gasteiger partial charge in [0, 0.05) is 22.7 Å². The van der Waals surface area contributed by atoms with Crippen LogP contribution in [0, 0.1) is 6.92 Å². The normalized spacial score (nSPS) is 18.6. The highest BCUT2D eigenvalue weighted by molar-refractivity contribution is 8.00. The summed E-state index contributed by atoms with van der Waals surface area (Å²) in [7, 11) is 0. The van der Waals surface area contributed by atoms with Crippen LogP contribution in [0.4, 0.5) is 11.4 Å². The van der Waals surface area contributed by atoms with E-state index in [2.05, 4.69) is 24.6 Å². The van der Waals surface area contributed by atoms with Gasteiger partial charge in [0.2, 0.25) is 0 Å². The number of benzene rings is 1. The number of nitrogen functional groups attached to an aromatic ring is 1. The Balaban J connectivity index is 2.03. The van der Waals surface area contributed by atoms with Gasteiger partial charge in [0.25, 0.3) is 0 Å². The minimum atomic E-state index is 0.426. The Kier molecular flexibility index (Phi) is 4.44. The van der Waals surface area contributed by atoms with Gasteiger partial charge in [-0.3, -0.25) is 0 Å². The maximum atomic E-state index is 5.86. The standard InChI is InChI=1S/C15H24N2S/c1-12-6-7-13(16)10-14(12)17-11-15(18-2)8-4-3-5-9-15/h6-7,10,17H,3-5,8-9,11,16H2,1-2H3. The van der Waals surface area contributed by atoms with Gasteiger partial charge in [-0.15, -0.1) is 0 Å². The van der Waals surface area contributed by atoms with Crippen LogP contribution in [-0.4, -0.2) is 17.5 Å². The molecule has 0 aliphatic heterocycles. The SMILES string of the molecule is CSC1(CNc2cc(N)ccc2C)CCCCC1. The van der Waals surface area contributed by atoms with Crippen molar-refractivity contribution in [1.29, 1.82) is 0 Å². The molecule has 100 valence electrons. The summed E-state index contributed by atoms with van der Waals surface area (Å²) in [5, 5.41) is 3.61. The smallest absolute Gasteiger partial charge is 0.0391 e. The molecule has 1 saturated carbocycles. The number of anilines is 2. The topological polar surface area (TPSA) is 38.0 Å². The van der Waals surface area contributed by atoms with Crippen molar-refractivity contribution in [1.82, 2.24) is 0 Å². The van der Waals surface area contributed by atoms with E-state index in [0.717, 1.165) is 12.2 Å². The number of thioether (sulfide) groups is 1. The lowest BCUT2D eigenvalue weighted by Crippen LogP contribution is -2.35. The molecule has 3 N–H and O–H groups in total. The van der Waals surface area contributed by atoms with E-state index < -0.39 is 0 Å². The summed E-state index contributed by atoms with van der Waals surface area (Å²) >= 11 is 2.03. The molecule has 2 rings (SSSR count). The molecule has 0 heterocycles. The van der Waals surface area contributed by atoms with Crippen LogP contribution in [0.15, 0.2) is 18.2 Å². The lowest BCUT2D eigenvalue weighted by molar-refractivity contribution is 0.411. The Morgan fingerprint density at radius 1 is 1.28 bits per heavy atom. The maximum Gasteiger partial charge on any atom is 0.0391 e. The number of nitrogens with two attached hydrogens (primary N) is 1. The fourth-order valence-electron chi connectivity index (χ4n) is 2.74. The van der Waals surface area contributed by atoms with Crippen LogP contribution >= 0.6 is 11.8 Å². The van der Waals surface area contributed by atoms with E-state index in [1.807, 2.05) is 23.9 Å². The predicted octanol–water partition coefficient (Wildman–Crippen LogP) is 4.06. The molecule has 0 unspecified atom stereocenters. The first kappa shape index (κ1) is 13.6. The predicted molar refractivity (Wildman–Crippen MR) is 83.4 cm³/mol. The molecule has 18 heavy (non-hydrogen) atoms. The summed E-state index contributed by atoms with van der Waals surface area (Å²) in [6.45, 7) is 3.19. The molecule has 0 spiro atoms. The molecule has 1 aromatic rings. The molecule has 0 radical (unpaired) electrons. The number of nitrogens with one attached hydrogen (secondary N) is 1. The van der Waals surface area contributed by atoms with E-state index in [1.165, 1.54) is 43.4 Å². The van der Waals surface area contributed by atoms with Crippen molar-refractivity contribution in [3.63, 3.8) is 0 Å². The van der Waals surface area contributed by atoms with E-state index >= 15 is 0 Å². The molecule has 1 aliphatic rings. The summed E-state index contributed by atoms with van der Waals surface area (Å²) in [5.74, 6) is 0. The Morgan fingerprint density at radius 2 is 2.00 bits per heavy atom. The van der Waals surface area contributed by atoms with Crippen LogP contribution in [0.3, 0.4) is 0 Å². The van der Waals surface area contributed by atoms with E-state index in [-0.39, 0.29) is 0 Å². The second-order valence-corrected chi connectivity index (χ2v) is 6.65. The van der Waals surface area contributed by atoms with Crippen LogP contribution in [0.2, 0.25) is 0 Å². The summed E-state index contributed by atoms with van der Waals surface area (Å²) < 4.78 is 0.426. The highest BCUT2D eigenvalue weighted by Gasteiger charge is 2.30. The van der Waals surface area contributed by atoms with Crippen LogP contribution in [0.1, 0.15) is 37.7 Å². The first-order valence-corrected chi connectivity index (χ1v) is 8.03. The first-order chi connectivity index (χ1) is 8.65. The molecule has 0 saturated heterocycles. The fraction of sp³-hybridized carbons (Fsp3) is 0.600. The van der Waals surface area contributed by atoms with Crippen molar-refractivity contribution >= 4 is 23.1 Å². The van der Waals surface area contributed by atoms with Crippen LogP contribution in [0.25, 0.3) is 0 Å². The van der Waals surface area contributed by atoms with E-state index in [9.17, 15) is 0 Å². The van der Waals surface area contributed by atoms with Crippen molar-refractivity contribution in [2.45, 2.75) is 43.8 Å². The van der Waals surface area contributed by atoms with Gasteiger partial charge < -0.3 is 11.1 Å². The highest BCUT2D eigenvalue weighted by Crippen LogP contribution is 2.38. The van der Waals surface area contributed by atoms with Gasteiger partial charge in [0.1, 0.15) is 0 Å². The molecule has 0 aromatic heterocycles. The molecule has 1 fully saturated rings. The van der Waals surface area contributed by atoms with Crippen LogP contribution in [0.5, 0.6) is 0 Å². The molecular weight excluding hydrogens is 240 g/mol. The Morgan fingerprint density at radius 3 is 2.67 bits per heavy atom. The van der Waals surface area contributed by atoms with Gasteiger partial charge in [-0.05, 0) is 43.7 Å². The summed E-state index contributed by atoms with van der Waals surface area (Å²) in [6.07, 6.45) is 9.07. The number of rotatable bonds is 4. The van der Waals surface area contributed by atoms with Gasteiger partial charge in [-0.1, -0.05) is 25.3 Å². The lowest BCUT2D eigenvalue weighted by atomic mass is 9.88. The number of hydrogen-bond acceptors (Lipinski definition) is 3. The maximum absolute atomic E-state index is 5.86. The molecule has 0 bridgehead atoms. The molecule has 3 heteroatoms. The number of aryl methyl sites for hydroxylation is 1. The van der Waals surface area contributed by atoms with Crippen LogP contribution in [-0.2, 0) is 0 Å². The van der Waals surface area contributed by atoms with Crippen molar-refractivity contribution in [2.24, 2.45) is 0 Å². The average molecular weight is 264 g/mol. The Hall–Kier alpha value is -0.830. The van der Waals surface area contributed by atoms with Gasteiger partial charge in [0.15, 0.2) is 0 Å². The van der Waals surface area contributed by atoms with Crippen LogP contribution < -0.4 is 11.1 Å². The second kappa shape index (κ2) is 5.87. The second-order valence-electron chi connectivity index (χ2n) is 5.38. The fourth-order valence-corrected chi connectivity index (χ4v) is 3.65. The quantitative estimate of drug-likeness (QED) is 0.806. The Labute approximate surface area is 115 Å². The van der Waals surface area contributed by atoms with Gasteiger partial charge in [-0.2, -0.15) is 11.8 Å². The van der Waals surface area contributed by atoms with E-state index in [4.69, 9.17) is 5.73 Å². The van der Waals surface area contributed by atoms with Gasteiger partial charge in [-0.25, -0.2) is 0 Å². The minimum absolute atomic E-state index is 0.426.